The highest BCUT2D eigenvalue weighted by Gasteiger charge is 2.19. The molecule has 0 spiro atoms. The Labute approximate surface area is 361 Å². The summed E-state index contributed by atoms with van der Waals surface area (Å²) >= 11 is 0. The highest BCUT2D eigenvalue weighted by molar-refractivity contribution is 5.71. The molecule has 0 aromatic heterocycles. The fraction of sp³-hybridized carbons (Fsp3) is 0.942. The van der Waals surface area contributed by atoms with Crippen LogP contribution in [0, 0.1) is 11.8 Å². The number of esters is 3. The molecule has 0 rings (SSSR count). The van der Waals surface area contributed by atoms with Gasteiger partial charge in [0, 0.05) is 19.3 Å². The molecule has 0 aliphatic heterocycles. The zero-order valence-electron chi connectivity index (χ0n) is 39.7. The lowest BCUT2D eigenvalue weighted by Crippen LogP contribution is -2.30. The minimum atomic E-state index is -0.761. The monoisotopic (exact) mass is 821 g/mol. The average Bonchev–Trinajstić information content (AvgIpc) is 3.21. The minimum Gasteiger partial charge on any atom is -0.462 e. The van der Waals surface area contributed by atoms with Crippen LogP contribution in [0.4, 0.5) is 0 Å². The number of rotatable bonds is 46. The van der Waals surface area contributed by atoms with Crippen molar-refractivity contribution in [2.24, 2.45) is 11.8 Å². The van der Waals surface area contributed by atoms with Crippen molar-refractivity contribution in [1.29, 1.82) is 0 Å². The van der Waals surface area contributed by atoms with E-state index in [9.17, 15) is 14.4 Å². The molecule has 6 heteroatoms. The van der Waals surface area contributed by atoms with Gasteiger partial charge in [-0.15, -0.1) is 0 Å². The largest absolute Gasteiger partial charge is 0.462 e. The molecular weight excluding hydrogens is 721 g/mol. The van der Waals surface area contributed by atoms with Crippen molar-refractivity contribution in [2.45, 2.75) is 291 Å². The molecule has 2 atom stereocenters. The van der Waals surface area contributed by atoms with Crippen LogP contribution in [0.25, 0.3) is 0 Å². The van der Waals surface area contributed by atoms with Crippen LogP contribution in [0.15, 0.2) is 0 Å². The SMILES string of the molecule is CCCCCCCCCCCCC(=O)OC[C@@H](COC(=O)CCCCCCCCCCCCCCCC(C)C)OC(=O)CCCCCCCCCCCCC(C)CC. The fourth-order valence-corrected chi connectivity index (χ4v) is 7.78. The Bertz CT molecular complexity index is 887. The first-order chi connectivity index (χ1) is 28.3. The molecule has 0 aromatic carbocycles. The van der Waals surface area contributed by atoms with E-state index in [0.717, 1.165) is 69.6 Å². The lowest BCUT2D eigenvalue weighted by atomic mass is 9.99. The maximum absolute atomic E-state index is 12.8. The summed E-state index contributed by atoms with van der Waals surface area (Å²) in [7, 11) is 0. The zero-order chi connectivity index (χ0) is 42.6. The summed E-state index contributed by atoms with van der Waals surface area (Å²) in [5.41, 5.74) is 0. The molecule has 1 unspecified atom stereocenters. The third-order valence-electron chi connectivity index (χ3n) is 12.1. The van der Waals surface area contributed by atoms with Gasteiger partial charge in [0.15, 0.2) is 6.10 Å². The third kappa shape index (κ3) is 44.0. The summed E-state index contributed by atoms with van der Waals surface area (Å²) in [6.45, 7) is 11.4. The summed E-state index contributed by atoms with van der Waals surface area (Å²) in [6.07, 6.45) is 45.1. The molecule has 0 fully saturated rings. The molecule has 0 heterocycles. The number of hydrogen-bond acceptors (Lipinski definition) is 6. The summed E-state index contributed by atoms with van der Waals surface area (Å²) in [4.78, 5) is 37.9. The first-order valence-corrected chi connectivity index (χ1v) is 25.8. The number of ether oxygens (including phenoxy) is 3. The summed E-state index contributed by atoms with van der Waals surface area (Å²) in [5, 5.41) is 0. The van der Waals surface area contributed by atoms with Gasteiger partial charge in [-0.05, 0) is 31.1 Å². The van der Waals surface area contributed by atoms with E-state index in [1.165, 1.54) is 173 Å². The van der Waals surface area contributed by atoms with Crippen LogP contribution in [0.5, 0.6) is 0 Å². The smallest absolute Gasteiger partial charge is 0.306 e. The van der Waals surface area contributed by atoms with Gasteiger partial charge in [-0.3, -0.25) is 14.4 Å². The molecule has 58 heavy (non-hydrogen) atoms. The molecule has 0 bridgehead atoms. The normalized spacial score (nSPS) is 12.5. The van der Waals surface area contributed by atoms with E-state index >= 15 is 0 Å². The lowest BCUT2D eigenvalue weighted by molar-refractivity contribution is -0.167. The Morgan fingerprint density at radius 3 is 0.983 bits per heavy atom. The van der Waals surface area contributed by atoms with Crippen LogP contribution in [-0.2, 0) is 28.6 Å². The average molecular weight is 821 g/mol. The van der Waals surface area contributed by atoms with Crippen LogP contribution < -0.4 is 0 Å². The van der Waals surface area contributed by atoms with E-state index in [2.05, 4.69) is 34.6 Å². The first kappa shape index (κ1) is 56.4. The van der Waals surface area contributed by atoms with Gasteiger partial charge < -0.3 is 14.2 Å². The van der Waals surface area contributed by atoms with Gasteiger partial charge >= 0.3 is 17.9 Å². The van der Waals surface area contributed by atoms with Gasteiger partial charge in [-0.2, -0.15) is 0 Å². The van der Waals surface area contributed by atoms with Crippen LogP contribution >= 0.6 is 0 Å². The van der Waals surface area contributed by atoms with Crippen LogP contribution in [0.3, 0.4) is 0 Å². The number of carbonyl (C=O) groups excluding carboxylic acids is 3. The molecule has 6 nitrogen and oxygen atoms in total. The van der Waals surface area contributed by atoms with Gasteiger partial charge in [0.2, 0.25) is 0 Å². The van der Waals surface area contributed by atoms with Gasteiger partial charge in [0.1, 0.15) is 13.2 Å². The van der Waals surface area contributed by atoms with E-state index in [-0.39, 0.29) is 31.1 Å². The maximum atomic E-state index is 12.8. The summed E-state index contributed by atoms with van der Waals surface area (Å²) < 4.78 is 16.8. The number of hydrogen-bond donors (Lipinski definition) is 0. The molecule has 0 saturated heterocycles. The predicted octanol–water partition coefficient (Wildman–Crippen LogP) is 16.5. The Morgan fingerprint density at radius 1 is 0.362 bits per heavy atom. The Hall–Kier alpha value is -1.59. The number of unbranched alkanes of at least 4 members (excludes halogenated alkanes) is 30. The molecule has 0 N–H and O–H groups in total. The van der Waals surface area contributed by atoms with E-state index in [4.69, 9.17) is 14.2 Å². The van der Waals surface area contributed by atoms with Crippen LogP contribution in [0.2, 0.25) is 0 Å². The second-order valence-corrected chi connectivity index (χ2v) is 18.5. The quantitative estimate of drug-likeness (QED) is 0.0346. The van der Waals surface area contributed by atoms with Crippen molar-refractivity contribution in [2.75, 3.05) is 13.2 Å². The Balaban J connectivity index is 4.29. The molecular formula is C52H100O6. The van der Waals surface area contributed by atoms with E-state index in [0.29, 0.717) is 19.3 Å². The van der Waals surface area contributed by atoms with Crippen molar-refractivity contribution in [3.05, 3.63) is 0 Å². The second kappa shape index (κ2) is 44.9. The Morgan fingerprint density at radius 2 is 0.655 bits per heavy atom. The molecule has 0 aliphatic carbocycles. The summed E-state index contributed by atoms with van der Waals surface area (Å²) in [6, 6.07) is 0. The van der Waals surface area contributed by atoms with Crippen LogP contribution in [0.1, 0.15) is 285 Å². The first-order valence-electron chi connectivity index (χ1n) is 25.8. The molecule has 0 radical (unpaired) electrons. The lowest BCUT2D eigenvalue weighted by Gasteiger charge is -2.18. The van der Waals surface area contributed by atoms with E-state index in [1.807, 2.05) is 0 Å². The van der Waals surface area contributed by atoms with Gasteiger partial charge in [0.25, 0.3) is 0 Å². The van der Waals surface area contributed by atoms with Crippen molar-refractivity contribution < 1.29 is 28.6 Å². The maximum Gasteiger partial charge on any atom is 0.306 e. The standard InChI is InChI=1S/C52H100O6/c1-6-8-9-10-11-12-22-27-32-37-42-50(53)56-45-49(58-52(55)44-39-34-29-24-19-18-21-26-31-36-41-48(5)7-2)46-57-51(54)43-38-33-28-23-17-15-13-14-16-20-25-30-35-40-47(3)4/h47-49H,6-46H2,1-5H3/t48?,49-/m0/s1. The highest BCUT2D eigenvalue weighted by Crippen LogP contribution is 2.18. The van der Waals surface area contributed by atoms with Crippen molar-refractivity contribution in [3.63, 3.8) is 0 Å². The predicted molar refractivity (Wildman–Crippen MR) is 247 cm³/mol. The third-order valence-corrected chi connectivity index (χ3v) is 12.1. The molecule has 0 aliphatic rings. The van der Waals surface area contributed by atoms with Crippen molar-refractivity contribution >= 4 is 17.9 Å². The van der Waals surface area contributed by atoms with Crippen molar-refractivity contribution in [1.82, 2.24) is 0 Å². The topological polar surface area (TPSA) is 78.9 Å². The second-order valence-electron chi connectivity index (χ2n) is 18.5. The Kier molecular flexibility index (Phi) is 43.7. The molecule has 0 aromatic rings. The summed E-state index contributed by atoms with van der Waals surface area (Å²) in [5.74, 6) is 0.857. The fourth-order valence-electron chi connectivity index (χ4n) is 7.78. The van der Waals surface area contributed by atoms with Crippen molar-refractivity contribution in [3.8, 4) is 0 Å². The van der Waals surface area contributed by atoms with E-state index < -0.39 is 6.10 Å². The van der Waals surface area contributed by atoms with E-state index in [1.54, 1.807) is 0 Å². The van der Waals surface area contributed by atoms with Gasteiger partial charge in [0.05, 0.1) is 0 Å². The van der Waals surface area contributed by atoms with Gasteiger partial charge in [-0.1, -0.05) is 247 Å². The zero-order valence-corrected chi connectivity index (χ0v) is 39.7. The van der Waals surface area contributed by atoms with Gasteiger partial charge in [-0.25, -0.2) is 0 Å². The minimum absolute atomic E-state index is 0.0638. The molecule has 0 saturated carbocycles. The molecule has 0 amide bonds. The molecule has 344 valence electrons. The van der Waals surface area contributed by atoms with Crippen LogP contribution in [-0.4, -0.2) is 37.2 Å². The highest BCUT2D eigenvalue weighted by atomic mass is 16.6. The number of carbonyl (C=O) groups is 3.